The van der Waals surface area contributed by atoms with E-state index < -0.39 is 17.1 Å². The monoisotopic (exact) mass is 739 g/mol. The number of carbonyl (C=O) groups is 2. The molecular formula is C45H57NO8. The van der Waals surface area contributed by atoms with E-state index in [-0.39, 0.29) is 36.7 Å². The molecule has 2 bridgehead atoms. The zero-order chi connectivity index (χ0) is 38.5. The number of amides is 1. The van der Waals surface area contributed by atoms with Crippen molar-refractivity contribution >= 4 is 11.7 Å². The summed E-state index contributed by atoms with van der Waals surface area (Å²) in [7, 11) is 4.76. The smallest absolute Gasteiger partial charge is 0.227 e. The first-order valence-corrected chi connectivity index (χ1v) is 19.4. The van der Waals surface area contributed by atoms with Crippen molar-refractivity contribution in [3.05, 3.63) is 100 Å². The van der Waals surface area contributed by atoms with Gasteiger partial charge in [-0.3, -0.25) is 9.59 Å². The van der Waals surface area contributed by atoms with Gasteiger partial charge in [0.1, 0.15) is 5.75 Å². The number of aliphatic hydroxyl groups is 2. The molecule has 3 aromatic rings. The first-order valence-electron chi connectivity index (χ1n) is 19.4. The van der Waals surface area contributed by atoms with E-state index in [9.17, 15) is 19.8 Å². The van der Waals surface area contributed by atoms with Crippen LogP contribution in [0.3, 0.4) is 0 Å². The van der Waals surface area contributed by atoms with Crippen molar-refractivity contribution in [3.8, 4) is 17.2 Å². The lowest BCUT2D eigenvalue weighted by molar-refractivity contribution is -0.141. The summed E-state index contributed by atoms with van der Waals surface area (Å²) in [5, 5.41) is 24.1. The number of ketones is 1. The van der Waals surface area contributed by atoms with E-state index in [1.165, 1.54) is 5.57 Å². The molecule has 1 amide bonds. The van der Waals surface area contributed by atoms with E-state index in [0.29, 0.717) is 73.6 Å². The van der Waals surface area contributed by atoms with Crippen molar-refractivity contribution in [1.82, 2.24) is 4.90 Å². The molecule has 1 saturated heterocycles. The molecular weight excluding hydrogens is 682 g/mol. The number of ether oxygens (including phenoxy) is 4. The van der Waals surface area contributed by atoms with Gasteiger partial charge in [0.2, 0.25) is 5.91 Å². The van der Waals surface area contributed by atoms with Crippen molar-refractivity contribution in [2.24, 2.45) is 5.41 Å². The van der Waals surface area contributed by atoms with Crippen LogP contribution in [0, 0.1) is 5.41 Å². The molecule has 5 atom stereocenters. The van der Waals surface area contributed by atoms with E-state index >= 15 is 0 Å². The first kappa shape index (κ1) is 39.5. The van der Waals surface area contributed by atoms with Gasteiger partial charge >= 0.3 is 0 Å². The highest BCUT2D eigenvalue weighted by molar-refractivity contribution is 6.10. The molecule has 4 aliphatic rings. The van der Waals surface area contributed by atoms with E-state index in [0.717, 1.165) is 42.4 Å². The van der Waals surface area contributed by atoms with Gasteiger partial charge in [0.15, 0.2) is 17.3 Å². The fourth-order valence-corrected chi connectivity index (χ4v) is 8.98. The predicted molar refractivity (Wildman–Crippen MR) is 209 cm³/mol. The summed E-state index contributed by atoms with van der Waals surface area (Å²) in [4.78, 5) is 30.6. The van der Waals surface area contributed by atoms with Crippen molar-refractivity contribution in [1.29, 1.82) is 0 Å². The van der Waals surface area contributed by atoms with Gasteiger partial charge in [-0.2, -0.15) is 0 Å². The molecule has 1 heterocycles. The Hall–Kier alpha value is -4.18. The van der Waals surface area contributed by atoms with Crippen molar-refractivity contribution < 1.29 is 38.7 Å². The van der Waals surface area contributed by atoms with Gasteiger partial charge in [0, 0.05) is 29.7 Å². The normalized spacial score (nSPS) is 25.7. The van der Waals surface area contributed by atoms with Crippen LogP contribution >= 0.6 is 0 Å². The van der Waals surface area contributed by atoms with E-state index in [1.807, 2.05) is 41.3 Å². The summed E-state index contributed by atoms with van der Waals surface area (Å²) in [6, 6.07) is 18.7. The number of carbonyl (C=O) groups excluding carboxylic acids is 2. The zero-order valence-corrected chi connectivity index (χ0v) is 32.6. The van der Waals surface area contributed by atoms with E-state index in [2.05, 4.69) is 19.9 Å². The van der Waals surface area contributed by atoms with E-state index in [4.69, 9.17) is 18.9 Å². The van der Waals surface area contributed by atoms with Crippen LogP contribution in [0.2, 0.25) is 0 Å². The third-order valence-electron chi connectivity index (χ3n) is 12.3. The molecule has 3 aliphatic carbocycles. The number of allylic oxidation sites excluding steroid dienone is 2. The van der Waals surface area contributed by atoms with Crippen molar-refractivity contribution in [2.75, 3.05) is 41.0 Å². The number of benzene rings is 3. The summed E-state index contributed by atoms with van der Waals surface area (Å²) < 4.78 is 22.4. The number of hydrogen-bond acceptors (Lipinski definition) is 8. The Bertz CT molecular complexity index is 1810. The lowest BCUT2D eigenvalue weighted by Gasteiger charge is -2.46. The zero-order valence-electron chi connectivity index (χ0n) is 32.6. The van der Waals surface area contributed by atoms with Crippen molar-refractivity contribution in [3.63, 3.8) is 0 Å². The van der Waals surface area contributed by atoms with Gasteiger partial charge < -0.3 is 34.1 Å². The van der Waals surface area contributed by atoms with Crippen LogP contribution in [-0.2, 0) is 22.4 Å². The maximum absolute atomic E-state index is 14.4. The SMILES string of the molecule is COc1ccc(C(=O)c2cc3ccc2[C@@H]2CC[C@@](O)(CN(C[C@H]4CCCO4)C(=O)Cc4ccc(OC)c(OC)c4)[C@@]2(C)CCC=C(C)CC[C@H](O)C3)cc1. The third kappa shape index (κ3) is 8.54. The Morgan fingerprint density at radius 1 is 0.926 bits per heavy atom. The first-order chi connectivity index (χ1) is 26.0. The van der Waals surface area contributed by atoms with Gasteiger partial charge in [-0.15, -0.1) is 0 Å². The Kier molecular flexibility index (Phi) is 12.5. The minimum Gasteiger partial charge on any atom is -0.497 e. The average molecular weight is 740 g/mol. The lowest BCUT2D eigenvalue weighted by Crippen LogP contribution is -2.55. The molecule has 290 valence electrons. The highest BCUT2D eigenvalue weighted by atomic mass is 16.5. The fraction of sp³-hybridized carbons (Fsp3) is 0.511. The molecule has 7 rings (SSSR count). The van der Waals surface area contributed by atoms with Gasteiger partial charge in [-0.25, -0.2) is 0 Å². The number of fused-ring (bicyclic) bond motifs is 8. The van der Waals surface area contributed by atoms with Gasteiger partial charge in [-0.05, 0) is 130 Å². The van der Waals surface area contributed by atoms with Gasteiger partial charge in [0.05, 0.1) is 52.1 Å². The lowest BCUT2D eigenvalue weighted by atomic mass is 9.64. The Morgan fingerprint density at radius 2 is 1.70 bits per heavy atom. The number of rotatable bonds is 11. The number of methoxy groups -OCH3 is 3. The van der Waals surface area contributed by atoms with Crippen LogP contribution in [-0.4, -0.2) is 85.6 Å². The van der Waals surface area contributed by atoms with Crippen LogP contribution in [0.1, 0.15) is 104 Å². The summed E-state index contributed by atoms with van der Waals surface area (Å²) >= 11 is 0. The minimum absolute atomic E-state index is 0.0897. The molecule has 1 aliphatic heterocycles. The van der Waals surface area contributed by atoms with E-state index in [1.54, 1.807) is 45.6 Å². The Balaban J connectivity index is 1.39. The molecule has 54 heavy (non-hydrogen) atoms. The molecule has 3 aromatic carbocycles. The minimum atomic E-state index is -1.25. The molecule has 9 heteroatoms. The topological polar surface area (TPSA) is 115 Å². The molecule has 2 N–H and O–H groups in total. The summed E-state index contributed by atoms with van der Waals surface area (Å²) in [5.41, 5.74) is 3.00. The van der Waals surface area contributed by atoms with Gasteiger partial charge in [0.25, 0.3) is 0 Å². The molecule has 0 aromatic heterocycles. The van der Waals surface area contributed by atoms with Crippen molar-refractivity contribution in [2.45, 2.75) is 102 Å². The highest BCUT2D eigenvalue weighted by Gasteiger charge is 2.57. The quantitative estimate of drug-likeness (QED) is 0.157. The van der Waals surface area contributed by atoms with Crippen LogP contribution in [0.5, 0.6) is 17.2 Å². The standard InChI is InChI=1S/C45H57NO8/c1-30-8-6-21-44(2)39(37-18-11-31(24-34(47)15-10-30)25-38(37)43(49)33-13-16-35(51-3)17-14-33)20-22-45(44,50)29-46(28-36-9-7-23-54-36)42(48)27-32-12-19-40(52-4)41(26-32)53-5/h8,11-14,16-19,25-26,34,36,39,47,50H,6-7,9-10,15,20-24,27-29H2,1-5H3/t34-,36+,39-,44-,45+/m0/s1. The Morgan fingerprint density at radius 3 is 2.41 bits per heavy atom. The average Bonchev–Trinajstić information content (AvgIpc) is 3.78. The highest BCUT2D eigenvalue weighted by Crippen LogP contribution is 2.59. The summed E-state index contributed by atoms with van der Waals surface area (Å²) in [5.74, 6) is 1.46. The number of nitrogens with zero attached hydrogens (tertiary/aromatic N) is 1. The van der Waals surface area contributed by atoms with Crippen LogP contribution < -0.4 is 14.2 Å². The maximum Gasteiger partial charge on any atom is 0.227 e. The second kappa shape index (κ2) is 17.1. The second-order valence-electron chi connectivity index (χ2n) is 15.8. The largest absolute Gasteiger partial charge is 0.497 e. The molecule has 0 radical (unpaired) electrons. The molecule has 0 spiro atoms. The molecule has 1 saturated carbocycles. The third-order valence-corrected chi connectivity index (χ3v) is 12.3. The number of hydrogen-bond donors (Lipinski definition) is 2. The molecule has 9 nitrogen and oxygen atoms in total. The second-order valence-corrected chi connectivity index (χ2v) is 15.8. The van der Waals surface area contributed by atoms with Crippen LogP contribution in [0.4, 0.5) is 0 Å². The summed E-state index contributed by atoms with van der Waals surface area (Å²) in [6.07, 6.45) is 7.88. The van der Waals surface area contributed by atoms with Crippen LogP contribution in [0.15, 0.2) is 72.3 Å². The summed E-state index contributed by atoms with van der Waals surface area (Å²) in [6.45, 7) is 5.47. The predicted octanol–water partition coefficient (Wildman–Crippen LogP) is 7.23. The Labute approximate surface area is 320 Å². The fourth-order valence-electron chi connectivity index (χ4n) is 8.98. The van der Waals surface area contributed by atoms with Crippen LogP contribution in [0.25, 0.3) is 0 Å². The number of aliphatic hydroxyl groups excluding tert-OH is 1. The van der Waals surface area contributed by atoms with Gasteiger partial charge in [-0.1, -0.05) is 36.8 Å². The maximum atomic E-state index is 14.4. The molecule has 2 fully saturated rings. The molecule has 0 unspecified atom stereocenters.